The zero-order chi connectivity index (χ0) is 35.5. The largest absolute Gasteiger partial charge is 0.374 e. The molecule has 0 aromatic heterocycles. The molecular weight excluding hydrogens is 665 g/mol. The van der Waals surface area contributed by atoms with E-state index >= 15 is 4.39 Å². The molecule has 0 spiro atoms. The van der Waals surface area contributed by atoms with Crippen LogP contribution in [-0.4, -0.2) is 176 Å². The van der Waals surface area contributed by atoms with Gasteiger partial charge < -0.3 is 34.8 Å². The first kappa shape index (κ1) is 35.5. The molecular formula is C39H60FN7O5. The number of ether oxygens (including phenoxy) is 2. The van der Waals surface area contributed by atoms with Crippen LogP contribution in [0, 0.1) is 17.8 Å². The van der Waals surface area contributed by atoms with Crippen molar-refractivity contribution in [1.29, 1.82) is 0 Å². The van der Waals surface area contributed by atoms with Crippen LogP contribution in [0.4, 0.5) is 4.39 Å². The van der Waals surface area contributed by atoms with Gasteiger partial charge in [-0.15, -0.1) is 0 Å². The predicted molar refractivity (Wildman–Crippen MR) is 192 cm³/mol. The van der Waals surface area contributed by atoms with E-state index in [-0.39, 0.29) is 59.9 Å². The summed E-state index contributed by atoms with van der Waals surface area (Å²) < 4.78 is 30.7. The van der Waals surface area contributed by atoms with Crippen LogP contribution in [0.2, 0.25) is 0 Å². The van der Waals surface area contributed by atoms with Gasteiger partial charge in [-0.2, -0.15) is 0 Å². The van der Waals surface area contributed by atoms with Crippen LogP contribution in [0.5, 0.6) is 0 Å². The number of amides is 2. The lowest BCUT2D eigenvalue weighted by molar-refractivity contribution is -0.220. The van der Waals surface area contributed by atoms with Crippen molar-refractivity contribution in [3.05, 3.63) is 11.8 Å². The zero-order valence-electron chi connectivity index (χ0n) is 31.0. The number of hydrogen-bond donors (Lipinski definition) is 2. The van der Waals surface area contributed by atoms with Crippen molar-refractivity contribution in [3.8, 4) is 0 Å². The maximum Gasteiger partial charge on any atom is 0.256 e. The number of likely N-dealkylation sites (N-methyl/N-ethyl adjacent to an activating group) is 1. The summed E-state index contributed by atoms with van der Waals surface area (Å²) in [7, 11) is 2.11. The van der Waals surface area contributed by atoms with Crippen LogP contribution in [0.1, 0.15) is 64.2 Å². The minimum absolute atomic E-state index is 0.0253. The van der Waals surface area contributed by atoms with Crippen molar-refractivity contribution in [1.82, 2.24) is 35.1 Å². The number of nitrogens with zero attached hydrogens (tertiary/aromatic N) is 5. The maximum atomic E-state index is 16.8. The number of halogens is 1. The molecule has 52 heavy (non-hydrogen) atoms. The van der Waals surface area contributed by atoms with E-state index in [0.717, 1.165) is 71.5 Å². The van der Waals surface area contributed by atoms with Crippen LogP contribution in [-0.2, 0) is 23.9 Å². The minimum Gasteiger partial charge on any atom is -0.374 e. The Morgan fingerprint density at radius 3 is 2.48 bits per heavy atom. The lowest BCUT2D eigenvalue weighted by Gasteiger charge is -2.61. The third kappa shape index (κ3) is 6.73. The highest BCUT2D eigenvalue weighted by Gasteiger charge is 2.62. The molecule has 0 aromatic rings. The first-order valence-corrected chi connectivity index (χ1v) is 20.7. The first-order valence-electron chi connectivity index (χ1n) is 20.7. The number of morpholine rings is 1. The molecule has 2 amide bonds. The van der Waals surface area contributed by atoms with Crippen molar-refractivity contribution in [2.24, 2.45) is 17.8 Å². The van der Waals surface area contributed by atoms with Gasteiger partial charge in [0.05, 0.1) is 54.7 Å². The van der Waals surface area contributed by atoms with Gasteiger partial charge in [-0.05, 0) is 83.3 Å². The third-order valence-corrected chi connectivity index (χ3v) is 14.5. The van der Waals surface area contributed by atoms with E-state index in [9.17, 15) is 14.4 Å². The maximum absolute atomic E-state index is 16.8. The number of alkyl halides is 1. The summed E-state index contributed by atoms with van der Waals surface area (Å²) in [5.74, 6) is -0.225. The van der Waals surface area contributed by atoms with Crippen molar-refractivity contribution >= 4 is 17.6 Å². The predicted octanol–water partition coefficient (Wildman–Crippen LogP) is 1.00. The summed E-state index contributed by atoms with van der Waals surface area (Å²) in [6.45, 7) is 8.69. The minimum atomic E-state index is -1.28. The number of hydrogen-bond acceptors (Lipinski definition) is 10. The summed E-state index contributed by atoms with van der Waals surface area (Å²) >= 11 is 0. The number of Topliss-reactive ketones (excluding diaryl/α,β-unsaturated/α-hetero) is 1. The number of carbonyl (C=O) groups excluding carboxylic acids is 3. The Morgan fingerprint density at radius 1 is 0.846 bits per heavy atom. The Balaban J connectivity index is 0.939. The van der Waals surface area contributed by atoms with E-state index in [1.54, 1.807) is 0 Å². The van der Waals surface area contributed by atoms with Gasteiger partial charge in [0.2, 0.25) is 5.91 Å². The lowest BCUT2D eigenvalue weighted by Crippen LogP contribution is -2.73. The van der Waals surface area contributed by atoms with Gasteiger partial charge >= 0.3 is 0 Å². The summed E-state index contributed by atoms with van der Waals surface area (Å²) in [6, 6.07) is -0.919. The van der Waals surface area contributed by atoms with Crippen molar-refractivity contribution in [2.45, 2.75) is 119 Å². The van der Waals surface area contributed by atoms with E-state index in [1.165, 1.54) is 32.1 Å². The van der Waals surface area contributed by atoms with Gasteiger partial charge in [-0.25, -0.2) is 4.39 Å². The molecule has 2 N–H and O–H groups in total. The van der Waals surface area contributed by atoms with E-state index in [0.29, 0.717) is 44.1 Å². The van der Waals surface area contributed by atoms with Crippen molar-refractivity contribution in [2.75, 3.05) is 79.0 Å². The second kappa shape index (κ2) is 14.8. The van der Waals surface area contributed by atoms with Gasteiger partial charge in [-0.1, -0.05) is 12.8 Å². The van der Waals surface area contributed by atoms with Gasteiger partial charge in [-0.3, -0.25) is 24.2 Å². The van der Waals surface area contributed by atoms with E-state index in [2.05, 4.69) is 42.2 Å². The molecule has 13 heteroatoms. The number of fused-ring (bicyclic) bond motifs is 5. The van der Waals surface area contributed by atoms with E-state index in [1.807, 2.05) is 6.20 Å². The molecule has 0 aromatic carbocycles. The summed E-state index contributed by atoms with van der Waals surface area (Å²) in [4.78, 5) is 52.3. The average molecular weight is 726 g/mol. The lowest BCUT2D eigenvalue weighted by atomic mass is 9.67. The molecule has 12 nitrogen and oxygen atoms in total. The number of likely N-dealkylation sites (tertiary alicyclic amines) is 2. The molecule has 9 rings (SSSR count). The van der Waals surface area contributed by atoms with E-state index < -0.39 is 24.2 Å². The van der Waals surface area contributed by atoms with Gasteiger partial charge in [0.1, 0.15) is 6.17 Å². The van der Waals surface area contributed by atoms with Crippen LogP contribution in [0.3, 0.4) is 0 Å². The second-order valence-corrected chi connectivity index (χ2v) is 17.6. The highest BCUT2D eigenvalue weighted by atomic mass is 19.1. The van der Waals surface area contributed by atoms with Gasteiger partial charge in [0, 0.05) is 70.5 Å². The van der Waals surface area contributed by atoms with Crippen LogP contribution >= 0.6 is 0 Å². The first-order chi connectivity index (χ1) is 25.3. The molecule has 12 atom stereocenters. The molecule has 6 heterocycles. The smallest absolute Gasteiger partial charge is 0.256 e. The second-order valence-electron chi connectivity index (χ2n) is 17.6. The summed E-state index contributed by atoms with van der Waals surface area (Å²) in [6.07, 6.45) is 10.1. The number of rotatable bonds is 8. The van der Waals surface area contributed by atoms with Gasteiger partial charge in [0.25, 0.3) is 5.91 Å². The Kier molecular flexibility index (Phi) is 10.1. The highest BCUT2D eigenvalue weighted by Crippen LogP contribution is 2.53. The van der Waals surface area contributed by atoms with Gasteiger partial charge in [0.15, 0.2) is 5.78 Å². The fraction of sp³-hybridized carbons (Fsp3) is 0.872. The Labute approximate surface area is 308 Å². The Morgan fingerprint density at radius 2 is 1.65 bits per heavy atom. The van der Waals surface area contributed by atoms with Crippen molar-refractivity contribution in [3.63, 3.8) is 0 Å². The number of ketones is 1. The molecule has 8 fully saturated rings. The van der Waals surface area contributed by atoms with Crippen molar-refractivity contribution < 1.29 is 28.2 Å². The fourth-order valence-electron chi connectivity index (χ4n) is 11.9. The van der Waals surface area contributed by atoms with Crippen LogP contribution in [0.25, 0.3) is 0 Å². The molecule has 11 unspecified atom stereocenters. The monoisotopic (exact) mass is 725 g/mol. The van der Waals surface area contributed by atoms with E-state index in [4.69, 9.17) is 9.47 Å². The molecule has 3 saturated carbocycles. The summed E-state index contributed by atoms with van der Waals surface area (Å²) in [5.41, 5.74) is 0.167. The topological polar surface area (TPSA) is 110 Å². The normalized spacial score (nSPS) is 42.6. The third-order valence-electron chi connectivity index (χ3n) is 14.5. The molecule has 6 aliphatic heterocycles. The Bertz CT molecular complexity index is 1390. The molecule has 5 saturated heterocycles. The molecule has 3 aliphatic carbocycles. The standard InChI is InChI=1S/C39H60FN7O5/c1-43-14-16-45(17-15-43)23-34(48)42-24-8-12-46(21-24)36-29(40)18-27-35-38(36)52-33-19-26-25-6-2-3-7-31(25)51-32(26)20-30(33)47(35)22-28(37(27)49)39(50)41-9-13-44-10-4-5-11-44/h22,24-27,29-33,35-36,38H,2-21,23H2,1H3,(H,41,50)(H,42,48)/t24-,25?,26?,27?,29?,30?,31?,32?,33?,35?,36?,38?/m1/s1. The number of nitrogens with one attached hydrogen (secondary N) is 2. The molecule has 0 bridgehead atoms. The highest BCUT2D eigenvalue weighted by molar-refractivity contribution is 6.20. The molecule has 9 aliphatic rings. The Hall–Kier alpha value is -2.16. The zero-order valence-corrected chi connectivity index (χ0v) is 31.0. The number of piperazine rings is 1. The summed E-state index contributed by atoms with van der Waals surface area (Å²) in [5, 5.41) is 6.30. The fourth-order valence-corrected chi connectivity index (χ4v) is 11.9. The molecule has 288 valence electrons. The number of carbonyl (C=O) groups is 3. The average Bonchev–Trinajstić information content (AvgIpc) is 3.90. The quantitative estimate of drug-likeness (QED) is 0.352. The van der Waals surface area contributed by atoms with Crippen LogP contribution < -0.4 is 10.6 Å². The van der Waals surface area contributed by atoms with Crippen LogP contribution in [0.15, 0.2) is 11.8 Å². The SMILES string of the molecule is CN1CCN(CC(=O)N[C@@H]2CCN(C3C(F)CC4C(=O)C(C(=O)NCCN5CCCC5)=CN5C6CC7OC8CCCCC8C7CC6OC3C45)C2)CC1. The molecule has 0 radical (unpaired) electrons.